The molecule has 0 saturated carbocycles. The Hall–Kier alpha value is -1.56. The van der Waals surface area contributed by atoms with Crippen LogP contribution in [0.2, 0.25) is 0 Å². The Labute approximate surface area is 94.1 Å². The minimum atomic E-state index is -0.475. The first-order valence-corrected chi connectivity index (χ1v) is 5.15. The quantitative estimate of drug-likeness (QED) is 0.554. The average Bonchev–Trinajstić information content (AvgIpc) is 2.63. The number of nitrogens with two attached hydrogens (primary N) is 1. The van der Waals surface area contributed by atoms with Crippen molar-refractivity contribution in [3.8, 4) is 0 Å². The van der Waals surface area contributed by atoms with E-state index in [0.717, 1.165) is 0 Å². The van der Waals surface area contributed by atoms with Crippen molar-refractivity contribution in [1.82, 2.24) is 10.2 Å². The number of aromatic amines is 1. The van der Waals surface area contributed by atoms with Crippen LogP contribution in [0.1, 0.15) is 24.3 Å². The molecule has 6 nitrogen and oxygen atoms in total. The summed E-state index contributed by atoms with van der Waals surface area (Å²) in [5.41, 5.74) is 5.60. The molecule has 0 aliphatic heterocycles. The molecule has 1 heterocycles. The van der Waals surface area contributed by atoms with Crippen LogP contribution in [0.5, 0.6) is 0 Å². The Balaban J connectivity index is 2.16. The molecule has 1 aromatic heterocycles. The number of nitrogens with one attached hydrogen (secondary N) is 1. The third kappa shape index (κ3) is 4.31. The topological polar surface area (TPSA) is 90.2 Å². The lowest BCUT2D eigenvalue weighted by Gasteiger charge is -2.06. The molecule has 0 unspecified atom stereocenters. The fourth-order valence-electron chi connectivity index (χ4n) is 1.03. The van der Waals surface area contributed by atoms with Crippen molar-refractivity contribution in [3.63, 3.8) is 0 Å². The van der Waals surface area contributed by atoms with Gasteiger partial charge < -0.3 is 15.2 Å². The SMILES string of the molecule is CC(C)COCCOC(=O)c1cc(N)n[nH]1. The molecule has 0 bridgehead atoms. The van der Waals surface area contributed by atoms with E-state index in [4.69, 9.17) is 15.2 Å². The molecule has 0 aliphatic carbocycles. The summed E-state index contributed by atoms with van der Waals surface area (Å²) in [4.78, 5) is 11.4. The molecular weight excluding hydrogens is 210 g/mol. The van der Waals surface area contributed by atoms with E-state index >= 15 is 0 Å². The molecule has 0 aromatic carbocycles. The number of nitrogens with zero attached hydrogens (tertiary/aromatic N) is 1. The van der Waals surface area contributed by atoms with E-state index in [-0.39, 0.29) is 18.1 Å². The van der Waals surface area contributed by atoms with Gasteiger partial charge in [0.2, 0.25) is 0 Å². The van der Waals surface area contributed by atoms with E-state index in [0.29, 0.717) is 19.1 Å². The highest BCUT2D eigenvalue weighted by atomic mass is 16.6. The van der Waals surface area contributed by atoms with E-state index in [1.807, 2.05) is 0 Å². The minimum absolute atomic E-state index is 0.227. The zero-order valence-electron chi connectivity index (χ0n) is 9.53. The van der Waals surface area contributed by atoms with Crippen molar-refractivity contribution in [3.05, 3.63) is 11.8 Å². The molecule has 0 spiro atoms. The minimum Gasteiger partial charge on any atom is -0.459 e. The predicted molar refractivity (Wildman–Crippen MR) is 58.9 cm³/mol. The second-order valence-corrected chi connectivity index (χ2v) is 3.81. The number of anilines is 1. The summed E-state index contributed by atoms with van der Waals surface area (Å²) in [5.74, 6) is 0.267. The van der Waals surface area contributed by atoms with E-state index in [1.165, 1.54) is 6.07 Å². The zero-order chi connectivity index (χ0) is 12.0. The maximum atomic E-state index is 11.4. The van der Waals surface area contributed by atoms with Crippen molar-refractivity contribution in [1.29, 1.82) is 0 Å². The lowest BCUT2D eigenvalue weighted by atomic mass is 10.2. The van der Waals surface area contributed by atoms with Crippen molar-refractivity contribution in [2.24, 2.45) is 5.92 Å². The normalized spacial score (nSPS) is 10.7. The predicted octanol–water partition coefficient (Wildman–Crippen LogP) is 0.821. The van der Waals surface area contributed by atoms with Crippen molar-refractivity contribution < 1.29 is 14.3 Å². The summed E-state index contributed by atoms with van der Waals surface area (Å²) < 4.78 is 10.2. The second-order valence-electron chi connectivity index (χ2n) is 3.81. The van der Waals surface area contributed by atoms with Crippen LogP contribution in [0.15, 0.2) is 6.07 Å². The van der Waals surface area contributed by atoms with Gasteiger partial charge in [0.05, 0.1) is 6.61 Å². The maximum Gasteiger partial charge on any atom is 0.356 e. The van der Waals surface area contributed by atoms with Crippen LogP contribution in [-0.2, 0) is 9.47 Å². The van der Waals surface area contributed by atoms with Crippen LogP contribution in [-0.4, -0.2) is 36.0 Å². The highest BCUT2D eigenvalue weighted by molar-refractivity contribution is 5.87. The Morgan fingerprint density at radius 1 is 1.56 bits per heavy atom. The standard InChI is InChI=1S/C10H17N3O3/c1-7(2)6-15-3-4-16-10(14)8-5-9(11)13-12-8/h5,7H,3-4,6H2,1-2H3,(H3,11,12,13). The summed E-state index contributed by atoms with van der Waals surface area (Å²) in [6.07, 6.45) is 0. The molecule has 0 aliphatic rings. The van der Waals surface area contributed by atoms with E-state index in [9.17, 15) is 4.79 Å². The smallest absolute Gasteiger partial charge is 0.356 e. The first kappa shape index (κ1) is 12.5. The second kappa shape index (κ2) is 6.12. The number of nitrogen functional groups attached to an aromatic ring is 1. The lowest BCUT2D eigenvalue weighted by Crippen LogP contribution is -2.13. The van der Waals surface area contributed by atoms with Gasteiger partial charge >= 0.3 is 5.97 Å². The van der Waals surface area contributed by atoms with Crippen LogP contribution in [0.4, 0.5) is 5.82 Å². The summed E-state index contributed by atoms with van der Waals surface area (Å²) in [5, 5.41) is 6.10. The summed E-state index contributed by atoms with van der Waals surface area (Å²) in [7, 11) is 0. The first-order chi connectivity index (χ1) is 7.59. The fraction of sp³-hybridized carbons (Fsp3) is 0.600. The van der Waals surface area contributed by atoms with Crippen LogP contribution in [0.3, 0.4) is 0 Å². The fourth-order valence-corrected chi connectivity index (χ4v) is 1.03. The highest BCUT2D eigenvalue weighted by Gasteiger charge is 2.09. The van der Waals surface area contributed by atoms with Gasteiger partial charge in [0.1, 0.15) is 18.1 Å². The van der Waals surface area contributed by atoms with Crippen LogP contribution in [0, 0.1) is 5.92 Å². The number of H-pyrrole nitrogens is 1. The number of hydrogen-bond acceptors (Lipinski definition) is 5. The largest absolute Gasteiger partial charge is 0.459 e. The van der Waals surface area contributed by atoms with Crippen LogP contribution in [0.25, 0.3) is 0 Å². The van der Waals surface area contributed by atoms with Gasteiger partial charge in [-0.25, -0.2) is 4.79 Å². The molecule has 6 heteroatoms. The molecule has 16 heavy (non-hydrogen) atoms. The average molecular weight is 227 g/mol. The summed E-state index contributed by atoms with van der Waals surface area (Å²) in [6, 6.07) is 1.43. The van der Waals surface area contributed by atoms with E-state index < -0.39 is 5.97 Å². The molecular formula is C10H17N3O3. The van der Waals surface area contributed by atoms with Crippen molar-refractivity contribution in [2.45, 2.75) is 13.8 Å². The molecule has 3 N–H and O–H groups in total. The van der Waals surface area contributed by atoms with Crippen molar-refractivity contribution in [2.75, 3.05) is 25.6 Å². The van der Waals surface area contributed by atoms with E-state index in [2.05, 4.69) is 24.0 Å². The first-order valence-electron chi connectivity index (χ1n) is 5.15. The third-order valence-corrected chi connectivity index (χ3v) is 1.73. The van der Waals surface area contributed by atoms with Gasteiger partial charge in [0.25, 0.3) is 0 Å². The van der Waals surface area contributed by atoms with Crippen molar-refractivity contribution >= 4 is 11.8 Å². The Kier molecular flexibility index (Phi) is 4.78. The maximum absolute atomic E-state index is 11.4. The van der Waals surface area contributed by atoms with Gasteiger partial charge in [-0.15, -0.1) is 0 Å². The number of carbonyl (C=O) groups is 1. The van der Waals surface area contributed by atoms with Gasteiger partial charge in [-0.3, -0.25) is 5.10 Å². The number of carbonyl (C=O) groups excluding carboxylic acids is 1. The summed E-state index contributed by atoms with van der Waals surface area (Å²) >= 11 is 0. The number of ether oxygens (including phenoxy) is 2. The van der Waals surface area contributed by atoms with E-state index in [1.54, 1.807) is 0 Å². The van der Waals surface area contributed by atoms with Crippen LogP contribution >= 0.6 is 0 Å². The Bertz CT molecular complexity index is 336. The van der Waals surface area contributed by atoms with Gasteiger partial charge in [-0.2, -0.15) is 5.10 Å². The molecule has 1 aromatic rings. The zero-order valence-corrected chi connectivity index (χ0v) is 9.53. The van der Waals surface area contributed by atoms with Gasteiger partial charge in [0.15, 0.2) is 0 Å². The number of aromatic nitrogens is 2. The third-order valence-electron chi connectivity index (χ3n) is 1.73. The Morgan fingerprint density at radius 3 is 2.88 bits per heavy atom. The van der Waals surface area contributed by atoms with Gasteiger partial charge in [-0.1, -0.05) is 13.8 Å². The summed E-state index contributed by atoms with van der Waals surface area (Å²) in [6.45, 7) is 5.39. The molecule has 90 valence electrons. The monoisotopic (exact) mass is 227 g/mol. The molecule has 0 amide bonds. The van der Waals surface area contributed by atoms with Gasteiger partial charge in [-0.05, 0) is 5.92 Å². The van der Waals surface area contributed by atoms with Gasteiger partial charge in [0, 0.05) is 12.7 Å². The molecule has 0 fully saturated rings. The molecule has 0 saturated heterocycles. The number of rotatable bonds is 6. The number of hydrogen-bond donors (Lipinski definition) is 2. The number of esters is 1. The molecule has 1 rings (SSSR count). The van der Waals surface area contributed by atoms with Crippen LogP contribution < -0.4 is 5.73 Å². The molecule has 0 radical (unpaired) electrons. The Morgan fingerprint density at radius 2 is 2.31 bits per heavy atom. The highest BCUT2D eigenvalue weighted by Crippen LogP contribution is 2.02. The molecule has 0 atom stereocenters. The lowest BCUT2D eigenvalue weighted by molar-refractivity contribution is 0.0272.